The summed E-state index contributed by atoms with van der Waals surface area (Å²) in [6.45, 7) is 6.72. The van der Waals surface area contributed by atoms with E-state index >= 15 is 0 Å². The molecule has 134 valence electrons. The largest absolute Gasteiger partial charge is 0.339 e. The number of nitrogens with one attached hydrogen (secondary N) is 1. The van der Waals surface area contributed by atoms with Crippen LogP contribution < -0.4 is 4.72 Å². The van der Waals surface area contributed by atoms with Gasteiger partial charge < -0.3 is 4.90 Å². The van der Waals surface area contributed by atoms with Crippen LogP contribution in [0.1, 0.15) is 50.4 Å². The minimum Gasteiger partial charge on any atom is -0.339 e. The van der Waals surface area contributed by atoms with Crippen LogP contribution in [0.25, 0.3) is 0 Å². The Labute approximate surface area is 145 Å². The lowest BCUT2D eigenvalue weighted by molar-refractivity contribution is 0.0728. The predicted molar refractivity (Wildman–Crippen MR) is 95.4 cm³/mol. The van der Waals surface area contributed by atoms with Gasteiger partial charge in [-0.2, -0.15) is 0 Å². The topological polar surface area (TPSA) is 66.5 Å². The minimum absolute atomic E-state index is 0.103. The Kier molecular flexibility index (Phi) is 6.04. The summed E-state index contributed by atoms with van der Waals surface area (Å²) in [6.07, 6.45) is 3.07. The highest BCUT2D eigenvalue weighted by Gasteiger charge is 2.25. The molecule has 1 aliphatic rings. The van der Waals surface area contributed by atoms with Crippen molar-refractivity contribution in [3.63, 3.8) is 0 Å². The van der Waals surface area contributed by atoms with Crippen molar-refractivity contribution in [1.29, 1.82) is 0 Å². The lowest BCUT2D eigenvalue weighted by Gasteiger charge is -2.26. The molecule has 24 heavy (non-hydrogen) atoms. The summed E-state index contributed by atoms with van der Waals surface area (Å²) in [7, 11) is -1.79. The fourth-order valence-electron chi connectivity index (χ4n) is 2.67. The van der Waals surface area contributed by atoms with Crippen molar-refractivity contribution in [3.8, 4) is 0 Å². The molecule has 6 heteroatoms. The second-order valence-corrected chi connectivity index (χ2v) is 8.98. The van der Waals surface area contributed by atoms with E-state index in [0.717, 1.165) is 19.3 Å². The van der Waals surface area contributed by atoms with E-state index in [1.54, 1.807) is 24.1 Å². The summed E-state index contributed by atoms with van der Waals surface area (Å²) in [4.78, 5) is 14.5. The van der Waals surface area contributed by atoms with Gasteiger partial charge >= 0.3 is 0 Å². The zero-order valence-electron chi connectivity index (χ0n) is 15.0. The smallest absolute Gasteiger partial charge is 0.253 e. The van der Waals surface area contributed by atoms with Crippen LogP contribution in [0.3, 0.4) is 0 Å². The predicted octanol–water partition coefficient (Wildman–Crippen LogP) is 2.88. The van der Waals surface area contributed by atoms with Gasteiger partial charge in [0.1, 0.15) is 0 Å². The van der Waals surface area contributed by atoms with Crippen LogP contribution in [0.5, 0.6) is 0 Å². The summed E-state index contributed by atoms with van der Waals surface area (Å²) in [5.74, 6) is 0.809. The molecule has 0 saturated heterocycles. The Hall–Kier alpha value is -1.40. The fraction of sp³-hybridized carbons (Fsp3) is 0.611. The van der Waals surface area contributed by atoms with E-state index in [2.05, 4.69) is 18.6 Å². The molecule has 1 aromatic carbocycles. The SMILES string of the molecule is CC(C)CC(C)N(C)C(=O)c1cccc(S(=O)(=O)NCC2CC2)c1. The number of hydrogen-bond acceptors (Lipinski definition) is 3. The maximum atomic E-state index is 12.6. The zero-order chi connectivity index (χ0) is 17.9. The Morgan fingerprint density at radius 1 is 1.29 bits per heavy atom. The van der Waals surface area contributed by atoms with Crippen LogP contribution in [-0.4, -0.2) is 38.9 Å². The summed E-state index contributed by atoms with van der Waals surface area (Å²) in [5, 5.41) is 0. The third kappa shape index (κ3) is 5.05. The first-order valence-electron chi connectivity index (χ1n) is 8.57. The van der Waals surface area contributed by atoms with E-state index in [-0.39, 0.29) is 16.8 Å². The minimum atomic E-state index is -3.56. The summed E-state index contributed by atoms with van der Waals surface area (Å²) >= 11 is 0. The molecule has 2 rings (SSSR count). The zero-order valence-corrected chi connectivity index (χ0v) is 15.8. The molecular weight excluding hydrogens is 324 g/mol. The molecule has 0 radical (unpaired) electrons. The van der Waals surface area contributed by atoms with Gasteiger partial charge in [0.05, 0.1) is 4.90 Å². The normalized spacial score (nSPS) is 16.2. The van der Waals surface area contributed by atoms with Crippen LogP contribution in [-0.2, 0) is 10.0 Å². The highest BCUT2D eigenvalue weighted by Crippen LogP contribution is 2.28. The van der Waals surface area contributed by atoms with Gasteiger partial charge in [0.2, 0.25) is 10.0 Å². The van der Waals surface area contributed by atoms with Gasteiger partial charge in [-0.15, -0.1) is 0 Å². The first kappa shape index (κ1) is 18.9. The second-order valence-electron chi connectivity index (χ2n) is 7.22. The van der Waals surface area contributed by atoms with Crippen molar-refractivity contribution in [2.45, 2.75) is 51.0 Å². The van der Waals surface area contributed by atoms with Crippen LogP contribution in [0.4, 0.5) is 0 Å². The van der Waals surface area contributed by atoms with Gasteiger partial charge in [0.15, 0.2) is 0 Å². The first-order chi connectivity index (χ1) is 11.2. The monoisotopic (exact) mass is 352 g/mol. The number of carbonyl (C=O) groups is 1. The third-order valence-electron chi connectivity index (χ3n) is 4.44. The molecule has 0 spiro atoms. The molecule has 1 atom stereocenters. The Morgan fingerprint density at radius 3 is 2.54 bits per heavy atom. The van der Waals surface area contributed by atoms with Crippen molar-refractivity contribution in [3.05, 3.63) is 29.8 Å². The Bertz CT molecular complexity index is 681. The van der Waals surface area contributed by atoms with Crippen molar-refractivity contribution in [2.75, 3.05) is 13.6 Å². The molecule has 1 fully saturated rings. The molecule has 0 aromatic heterocycles. The van der Waals surface area contributed by atoms with Gasteiger partial charge in [-0.25, -0.2) is 13.1 Å². The number of sulfonamides is 1. The second kappa shape index (κ2) is 7.66. The summed E-state index contributed by atoms with van der Waals surface area (Å²) < 4.78 is 27.3. The average molecular weight is 353 g/mol. The van der Waals surface area contributed by atoms with Crippen LogP contribution in [0, 0.1) is 11.8 Å². The molecule has 1 N–H and O–H groups in total. The number of hydrogen-bond donors (Lipinski definition) is 1. The molecule has 1 saturated carbocycles. The van der Waals surface area contributed by atoms with Gasteiger partial charge in [0.25, 0.3) is 5.91 Å². The number of carbonyl (C=O) groups excluding carboxylic acids is 1. The van der Waals surface area contributed by atoms with E-state index in [1.807, 2.05) is 6.92 Å². The van der Waals surface area contributed by atoms with E-state index in [9.17, 15) is 13.2 Å². The maximum Gasteiger partial charge on any atom is 0.253 e. The van der Waals surface area contributed by atoms with Gasteiger partial charge in [-0.05, 0) is 56.2 Å². The summed E-state index contributed by atoms with van der Waals surface area (Å²) in [5.41, 5.74) is 0.405. The Morgan fingerprint density at radius 2 is 1.96 bits per heavy atom. The van der Waals surface area contributed by atoms with Crippen LogP contribution >= 0.6 is 0 Å². The van der Waals surface area contributed by atoms with E-state index < -0.39 is 10.0 Å². The van der Waals surface area contributed by atoms with Crippen molar-refractivity contribution in [1.82, 2.24) is 9.62 Å². The molecule has 1 amide bonds. The molecule has 0 heterocycles. The average Bonchev–Trinajstić information content (AvgIpc) is 3.35. The molecule has 5 nitrogen and oxygen atoms in total. The lowest BCUT2D eigenvalue weighted by atomic mass is 10.0. The fourth-order valence-corrected chi connectivity index (χ4v) is 3.83. The first-order valence-corrected chi connectivity index (χ1v) is 10.1. The molecular formula is C18H28N2O3S. The number of benzene rings is 1. The number of rotatable bonds is 8. The third-order valence-corrected chi connectivity index (χ3v) is 5.87. The quantitative estimate of drug-likeness (QED) is 0.782. The highest BCUT2D eigenvalue weighted by molar-refractivity contribution is 7.89. The van der Waals surface area contributed by atoms with Crippen molar-refractivity contribution >= 4 is 15.9 Å². The molecule has 1 aromatic rings. The van der Waals surface area contributed by atoms with Gasteiger partial charge in [-0.3, -0.25) is 4.79 Å². The highest BCUT2D eigenvalue weighted by atomic mass is 32.2. The molecule has 1 unspecified atom stereocenters. The lowest BCUT2D eigenvalue weighted by Crippen LogP contribution is -2.36. The number of amides is 1. The van der Waals surface area contributed by atoms with Crippen molar-refractivity contribution < 1.29 is 13.2 Å². The van der Waals surface area contributed by atoms with Crippen LogP contribution in [0.15, 0.2) is 29.2 Å². The van der Waals surface area contributed by atoms with Crippen LogP contribution in [0.2, 0.25) is 0 Å². The molecule has 1 aliphatic carbocycles. The standard InChI is InChI=1S/C18H28N2O3S/c1-13(2)10-14(3)20(4)18(21)16-6-5-7-17(11-16)24(22,23)19-12-15-8-9-15/h5-7,11,13-15,19H,8-10,12H2,1-4H3. The van der Waals surface area contributed by atoms with Gasteiger partial charge in [-0.1, -0.05) is 19.9 Å². The Balaban J connectivity index is 2.12. The van der Waals surface area contributed by atoms with Crippen molar-refractivity contribution in [2.24, 2.45) is 11.8 Å². The van der Waals surface area contributed by atoms with E-state index in [4.69, 9.17) is 0 Å². The van der Waals surface area contributed by atoms with Gasteiger partial charge in [0, 0.05) is 25.2 Å². The number of nitrogens with zero attached hydrogens (tertiary/aromatic N) is 1. The molecule has 0 bridgehead atoms. The van der Waals surface area contributed by atoms with E-state index in [0.29, 0.717) is 23.9 Å². The molecule has 0 aliphatic heterocycles. The maximum absolute atomic E-state index is 12.6. The summed E-state index contributed by atoms with van der Waals surface area (Å²) in [6, 6.07) is 6.39. The van der Waals surface area contributed by atoms with E-state index in [1.165, 1.54) is 12.1 Å².